The number of hydrogen-bond acceptors (Lipinski definition) is 5. The summed E-state index contributed by atoms with van der Waals surface area (Å²) >= 11 is 0. The molecule has 0 spiro atoms. The lowest BCUT2D eigenvalue weighted by molar-refractivity contribution is -0.141. The molecule has 1 amide bonds. The van der Waals surface area contributed by atoms with Crippen molar-refractivity contribution in [2.24, 2.45) is 5.92 Å². The van der Waals surface area contributed by atoms with Gasteiger partial charge in [0.1, 0.15) is 16.4 Å². The van der Waals surface area contributed by atoms with Crippen molar-refractivity contribution < 1.29 is 22.1 Å². The Hall–Kier alpha value is -2.54. The van der Waals surface area contributed by atoms with Gasteiger partial charge < -0.3 is 13.8 Å². The Bertz CT molecular complexity index is 967. The number of hydrogen-bond donors (Lipinski definition) is 0. The van der Waals surface area contributed by atoms with Crippen LogP contribution in [0, 0.1) is 5.92 Å². The van der Waals surface area contributed by atoms with Gasteiger partial charge in [0.05, 0.1) is 7.11 Å². The van der Waals surface area contributed by atoms with Crippen LogP contribution in [0.5, 0.6) is 11.5 Å². The number of amides is 1. The van der Waals surface area contributed by atoms with Crippen molar-refractivity contribution in [3.05, 3.63) is 54.1 Å². The monoisotopic (exact) mass is 431 g/mol. The van der Waals surface area contributed by atoms with Crippen molar-refractivity contribution in [2.45, 2.75) is 57.0 Å². The number of methoxy groups -OCH3 is 1. The zero-order valence-electron chi connectivity index (χ0n) is 17.7. The normalized spacial score (nSPS) is 15.2. The van der Waals surface area contributed by atoms with Gasteiger partial charge in [-0.25, -0.2) is 0 Å². The molecule has 7 heteroatoms. The second kappa shape index (κ2) is 9.51. The van der Waals surface area contributed by atoms with Gasteiger partial charge in [0.2, 0.25) is 5.91 Å². The van der Waals surface area contributed by atoms with Gasteiger partial charge in [0.25, 0.3) is 0 Å². The van der Waals surface area contributed by atoms with Gasteiger partial charge in [-0.1, -0.05) is 25.5 Å². The Morgan fingerprint density at radius 2 is 1.83 bits per heavy atom. The van der Waals surface area contributed by atoms with Crippen LogP contribution < -0.4 is 8.92 Å². The molecule has 3 rings (SSSR count). The van der Waals surface area contributed by atoms with Crippen LogP contribution in [0.15, 0.2) is 53.4 Å². The zero-order chi connectivity index (χ0) is 21.7. The maximum Gasteiger partial charge on any atom is 0.339 e. The third-order valence-corrected chi connectivity index (χ3v) is 6.93. The molecule has 0 unspecified atom stereocenters. The van der Waals surface area contributed by atoms with E-state index in [2.05, 4.69) is 6.92 Å². The third-order valence-electron chi connectivity index (χ3n) is 5.67. The molecule has 0 heterocycles. The molecular weight excluding hydrogens is 402 g/mol. The second-order valence-corrected chi connectivity index (χ2v) is 9.26. The lowest BCUT2D eigenvalue weighted by Gasteiger charge is -2.35. The Kier molecular flexibility index (Phi) is 7.02. The van der Waals surface area contributed by atoms with E-state index in [1.54, 1.807) is 30.3 Å². The average molecular weight is 432 g/mol. The minimum absolute atomic E-state index is 0.0510. The molecule has 0 bridgehead atoms. The summed E-state index contributed by atoms with van der Waals surface area (Å²) in [4.78, 5) is 14.8. The van der Waals surface area contributed by atoms with Crippen LogP contribution in [-0.2, 0) is 21.5 Å². The standard InChI is InChI=1S/C23H29NO5S/c1-4-17(2)24(23(25)19-8-6-9-19)16-18-7-5-10-21(15-18)29-30(26,27)22-13-11-20(28-3)12-14-22/h5,7,10-15,17,19H,4,6,8-9,16H2,1-3H3/t17-/m1/s1. The van der Waals surface area contributed by atoms with Gasteiger partial charge in [-0.15, -0.1) is 0 Å². The van der Waals surface area contributed by atoms with Crippen LogP contribution >= 0.6 is 0 Å². The summed E-state index contributed by atoms with van der Waals surface area (Å²) in [5.74, 6) is 1.10. The minimum Gasteiger partial charge on any atom is -0.497 e. The van der Waals surface area contributed by atoms with Crippen LogP contribution in [0.2, 0.25) is 0 Å². The third kappa shape index (κ3) is 5.14. The maximum absolute atomic E-state index is 12.9. The van der Waals surface area contributed by atoms with Gasteiger partial charge in [0, 0.05) is 18.5 Å². The number of ether oxygens (including phenoxy) is 1. The van der Waals surface area contributed by atoms with E-state index in [1.165, 1.54) is 19.2 Å². The zero-order valence-corrected chi connectivity index (χ0v) is 18.5. The summed E-state index contributed by atoms with van der Waals surface area (Å²) < 4.78 is 35.6. The van der Waals surface area contributed by atoms with E-state index in [9.17, 15) is 13.2 Å². The predicted molar refractivity (Wildman–Crippen MR) is 115 cm³/mol. The fraction of sp³-hybridized carbons (Fsp3) is 0.435. The molecule has 0 radical (unpaired) electrons. The smallest absolute Gasteiger partial charge is 0.339 e. The highest BCUT2D eigenvalue weighted by Crippen LogP contribution is 2.30. The van der Waals surface area contributed by atoms with E-state index in [1.807, 2.05) is 17.9 Å². The molecule has 0 saturated heterocycles. The van der Waals surface area contributed by atoms with E-state index in [0.29, 0.717) is 12.3 Å². The Morgan fingerprint density at radius 1 is 1.13 bits per heavy atom. The molecular formula is C23H29NO5S. The van der Waals surface area contributed by atoms with Crippen LogP contribution in [0.4, 0.5) is 0 Å². The first-order chi connectivity index (χ1) is 14.3. The van der Waals surface area contributed by atoms with Crippen molar-refractivity contribution in [1.29, 1.82) is 0 Å². The van der Waals surface area contributed by atoms with Gasteiger partial charge in [0.15, 0.2) is 0 Å². The van der Waals surface area contributed by atoms with Gasteiger partial charge in [-0.2, -0.15) is 8.42 Å². The molecule has 0 aliphatic heterocycles. The fourth-order valence-corrected chi connectivity index (χ4v) is 4.29. The SMILES string of the molecule is CC[C@@H](C)N(Cc1cccc(OS(=O)(=O)c2ccc(OC)cc2)c1)C(=O)C1CCC1. The van der Waals surface area contributed by atoms with E-state index in [-0.39, 0.29) is 28.5 Å². The number of nitrogens with zero attached hydrogens (tertiary/aromatic N) is 1. The molecule has 2 aromatic rings. The van der Waals surface area contributed by atoms with Crippen molar-refractivity contribution in [2.75, 3.05) is 7.11 Å². The molecule has 1 saturated carbocycles. The first-order valence-corrected chi connectivity index (χ1v) is 11.7. The Morgan fingerprint density at radius 3 is 2.40 bits per heavy atom. The fourth-order valence-electron chi connectivity index (χ4n) is 3.37. The summed E-state index contributed by atoms with van der Waals surface area (Å²) in [6.07, 6.45) is 3.88. The van der Waals surface area contributed by atoms with Crippen molar-refractivity contribution in [1.82, 2.24) is 4.90 Å². The lowest BCUT2D eigenvalue weighted by Crippen LogP contribution is -2.43. The van der Waals surface area contributed by atoms with Crippen LogP contribution in [-0.4, -0.2) is 32.4 Å². The minimum atomic E-state index is -3.97. The largest absolute Gasteiger partial charge is 0.497 e. The van der Waals surface area contributed by atoms with Gasteiger partial charge >= 0.3 is 10.1 Å². The molecule has 0 N–H and O–H groups in total. The molecule has 1 aliphatic rings. The molecule has 1 aliphatic carbocycles. The van der Waals surface area contributed by atoms with Crippen LogP contribution in [0.3, 0.4) is 0 Å². The van der Waals surface area contributed by atoms with E-state index >= 15 is 0 Å². The van der Waals surface area contributed by atoms with E-state index in [0.717, 1.165) is 31.2 Å². The number of carbonyl (C=O) groups excluding carboxylic acids is 1. The molecule has 1 fully saturated rings. The highest BCUT2D eigenvalue weighted by molar-refractivity contribution is 7.87. The molecule has 1 atom stereocenters. The summed E-state index contributed by atoms with van der Waals surface area (Å²) in [5.41, 5.74) is 0.838. The quantitative estimate of drug-likeness (QED) is 0.551. The van der Waals surface area contributed by atoms with Crippen molar-refractivity contribution in [3.8, 4) is 11.5 Å². The van der Waals surface area contributed by atoms with Crippen molar-refractivity contribution >= 4 is 16.0 Å². The second-order valence-electron chi connectivity index (χ2n) is 7.71. The first-order valence-electron chi connectivity index (χ1n) is 10.3. The number of rotatable bonds is 9. The number of benzene rings is 2. The molecule has 2 aromatic carbocycles. The van der Waals surface area contributed by atoms with E-state index in [4.69, 9.17) is 8.92 Å². The summed E-state index contributed by atoms with van der Waals surface area (Å²) in [5, 5.41) is 0. The topological polar surface area (TPSA) is 72.9 Å². The van der Waals surface area contributed by atoms with Crippen LogP contribution in [0.1, 0.15) is 45.1 Å². The van der Waals surface area contributed by atoms with Gasteiger partial charge in [-0.05, 0) is 68.1 Å². The number of carbonyl (C=O) groups is 1. The Balaban J connectivity index is 1.76. The molecule has 6 nitrogen and oxygen atoms in total. The molecule has 0 aromatic heterocycles. The molecule has 30 heavy (non-hydrogen) atoms. The van der Waals surface area contributed by atoms with E-state index < -0.39 is 10.1 Å². The first kappa shape index (κ1) is 22.2. The molecule has 162 valence electrons. The summed E-state index contributed by atoms with van der Waals surface area (Å²) in [7, 11) is -2.45. The highest BCUT2D eigenvalue weighted by Gasteiger charge is 2.31. The van der Waals surface area contributed by atoms with Crippen LogP contribution in [0.25, 0.3) is 0 Å². The highest BCUT2D eigenvalue weighted by atomic mass is 32.2. The van der Waals surface area contributed by atoms with Crippen molar-refractivity contribution in [3.63, 3.8) is 0 Å². The maximum atomic E-state index is 12.9. The average Bonchev–Trinajstić information content (AvgIpc) is 2.70. The summed E-state index contributed by atoms with van der Waals surface area (Å²) in [6, 6.07) is 13.1. The summed E-state index contributed by atoms with van der Waals surface area (Å²) in [6.45, 7) is 4.54. The Labute approximate surface area is 178 Å². The predicted octanol–water partition coefficient (Wildman–Crippen LogP) is 4.39. The lowest BCUT2D eigenvalue weighted by atomic mass is 9.84. The van der Waals surface area contributed by atoms with Gasteiger partial charge in [-0.3, -0.25) is 4.79 Å².